The predicted molar refractivity (Wildman–Crippen MR) is 133 cm³/mol. The van der Waals surface area contributed by atoms with Crippen LogP contribution in [-0.4, -0.2) is 38.4 Å². The summed E-state index contributed by atoms with van der Waals surface area (Å²) in [5.41, 5.74) is 3.07. The van der Waals surface area contributed by atoms with Crippen molar-refractivity contribution in [3.63, 3.8) is 0 Å². The lowest BCUT2D eigenvalue weighted by Gasteiger charge is -2.18. The Morgan fingerprint density at radius 1 is 1.18 bits per heavy atom. The molecule has 34 heavy (non-hydrogen) atoms. The molecule has 0 fully saturated rings. The van der Waals surface area contributed by atoms with E-state index in [1.807, 2.05) is 37.3 Å². The topological polar surface area (TPSA) is 76.8 Å². The zero-order valence-corrected chi connectivity index (χ0v) is 20.0. The number of carbonyl (C=O) groups is 1. The molecule has 1 aromatic heterocycles. The maximum Gasteiger partial charge on any atom is 0.317 e. The number of benzene rings is 2. The van der Waals surface area contributed by atoms with Gasteiger partial charge in [0, 0.05) is 18.5 Å². The lowest BCUT2D eigenvalue weighted by Crippen LogP contribution is -2.31. The van der Waals surface area contributed by atoms with Gasteiger partial charge in [0.15, 0.2) is 0 Å². The average molecular weight is 478 g/mol. The van der Waals surface area contributed by atoms with Crippen LogP contribution in [0.15, 0.2) is 93.8 Å². The van der Waals surface area contributed by atoms with Crippen LogP contribution >= 0.6 is 0 Å². The van der Waals surface area contributed by atoms with Crippen molar-refractivity contribution in [2.24, 2.45) is 5.92 Å². The summed E-state index contributed by atoms with van der Waals surface area (Å²) in [6.07, 6.45) is 5.05. The maximum absolute atomic E-state index is 13.3. The molecule has 4 rings (SSSR count). The first-order valence-electron chi connectivity index (χ1n) is 11.1. The van der Waals surface area contributed by atoms with E-state index in [4.69, 9.17) is 9.15 Å². The zero-order valence-electron chi connectivity index (χ0n) is 19.2. The average Bonchev–Trinajstić information content (AvgIpc) is 3.44. The van der Waals surface area contributed by atoms with Crippen LogP contribution in [0.3, 0.4) is 0 Å². The molecule has 0 radical (unpaired) electrons. The van der Waals surface area contributed by atoms with Crippen molar-refractivity contribution < 1.29 is 22.4 Å². The summed E-state index contributed by atoms with van der Waals surface area (Å²) >= 11 is 0. The zero-order chi connectivity index (χ0) is 24.3. The van der Waals surface area contributed by atoms with Crippen molar-refractivity contribution in [1.82, 2.24) is 4.31 Å². The monoisotopic (exact) mass is 477 g/mol. The second-order valence-electron chi connectivity index (χ2n) is 8.12. The van der Waals surface area contributed by atoms with Crippen LogP contribution in [0.4, 0.5) is 0 Å². The summed E-state index contributed by atoms with van der Waals surface area (Å²) in [7, 11) is -3.74. The van der Waals surface area contributed by atoms with Crippen molar-refractivity contribution in [2.45, 2.75) is 18.7 Å². The van der Waals surface area contributed by atoms with Crippen LogP contribution < -0.4 is 0 Å². The Bertz CT molecular complexity index is 1350. The van der Waals surface area contributed by atoms with E-state index in [9.17, 15) is 13.2 Å². The molecule has 0 aliphatic carbocycles. The van der Waals surface area contributed by atoms with Crippen LogP contribution in [0.25, 0.3) is 17.0 Å². The first-order valence-corrected chi connectivity index (χ1v) is 12.5. The van der Waals surface area contributed by atoms with Crippen molar-refractivity contribution in [2.75, 3.05) is 19.7 Å². The van der Waals surface area contributed by atoms with E-state index in [2.05, 4.69) is 6.58 Å². The summed E-state index contributed by atoms with van der Waals surface area (Å²) in [5, 5.41) is 0.956. The molecular formula is C27H27NO5S. The molecule has 0 saturated carbocycles. The molecule has 2 aromatic carbocycles. The van der Waals surface area contributed by atoms with Gasteiger partial charge in [0.2, 0.25) is 10.0 Å². The van der Waals surface area contributed by atoms with Crippen LogP contribution in [0.5, 0.6) is 0 Å². The number of rotatable bonds is 8. The predicted octanol–water partition coefficient (Wildman–Crippen LogP) is 5.12. The number of ether oxygens (including phenoxy) is 1. The molecule has 1 unspecified atom stereocenters. The van der Waals surface area contributed by atoms with Crippen molar-refractivity contribution in [3.8, 4) is 0 Å². The molecule has 0 saturated heterocycles. The second kappa shape index (κ2) is 9.83. The highest BCUT2D eigenvalue weighted by atomic mass is 32.2. The van der Waals surface area contributed by atoms with Gasteiger partial charge in [0.1, 0.15) is 11.3 Å². The minimum Gasteiger partial charge on any atom is -0.465 e. The third-order valence-corrected chi connectivity index (χ3v) is 7.63. The largest absolute Gasteiger partial charge is 0.465 e. The van der Waals surface area contributed by atoms with Crippen molar-refractivity contribution in [3.05, 3.63) is 95.8 Å². The highest BCUT2D eigenvalue weighted by molar-refractivity contribution is 7.89. The molecular weight excluding hydrogens is 450 g/mol. The van der Waals surface area contributed by atoms with Crippen LogP contribution in [-0.2, 0) is 19.6 Å². The highest BCUT2D eigenvalue weighted by Gasteiger charge is 2.36. The van der Waals surface area contributed by atoms with Crippen molar-refractivity contribution in [1.29, 1.82) is 0 Å². The molecule has 0 bridgehead atoms. The van der Waals surface area contributed by atoms with Crippen LogP contribution in [0.1, 0.15) is 18.2 Å². The van der Waals surface area contributed by atoms with Gasteiger partial charge < -0.3 is 9.15 Å². The Morgan fingerprint density at radius 2 is 1.91 bits per heavy atom. The lowest BCUT2D eigenvalue weighted by molar-refractivity contribution is -0.145. The summed E-state index contributed by atoms with van der Waals surface area (Å²) in [4.78, 5) is 13.1. The third kappa shape index (κ3) is 4.76. The van der Waals surface area contributed by atoms with E-state index in [-0.39, 0.29) is 24.6 Å². The fraction of sp³-hybridized carbons (Fsp3) is 0.222. The SMILES string of the molecule is C=CC1=C(C(/C=C/c2cc3ccccc3o2)C(=O)OCC)CN(S(=O)(=O)c2ccc(C)cc2)C1. The summed E-state index contributed by atoms with van der Waals surface area (Å²) in [5.74, 6) is -0.614. The number of aryl methyl sites for hydroxylation is 1. The van der Waals surface area contributed by atoms with E-state index < -0.39 is 21.9 Å². The summed E-state index contributed by atoms with van der Waals surface area (Å²) in [6.45, 7) is 7.93. The molecule has 7 heteroatoms. The molecule has 0 amide bonds. The van der Waals surface area contributed by atoms with E-state index in [1.54, 1.807) is 49.4 Å². The van der Waals surface area contributed by atoms with E-state index >= 15 is 0 Å². The van der Waals surface area contributed by atoms with Gasteiger partial charge >= 0.3 is 5.97 Å². The number of carbonyl (C=O) groups excluding carboxylic acids is 1. The van der Waals surface area contributed by atoms with E-state index in [0.717, 1.165) is 16.5 Å². The smallest absolute Gasteiger partial charge is 0.317 e. The fourth-order valence-electron chi connectivity index (χ4n) is 4.01. The highest BCUT2D eigenvalue weighted by Crippen LogP contribution is 2.32. The van der Waals surface area contributed by atoms with Crippen LogP contribution in [0, 0.1) is 12.8 Å². The van der Waals surface area contributed by atoms with Gasteiger partial charge in [-0.05, 0) is 55.3 Å². The Hall–Kier alpha value is -3.42. The quantitative estimate of drug-likeness (QED) is 0.421. The number of hydrogen-bond acceptors (Lipinski definition) is 5. The van der Waals surface area contributed by atoms with Gasteiger partial charge in [-0.3, -0.25) is 4.79 Å². The Labute approximate surface area is 199 Å². The molecule has 1 atom stereocenters. The van der Waals surface area contributed by atoms with E-state index in [0.29, 0.717) is 16.9 Å². The molecule has 0 spiro atoms. The van der Waals surface area contributed by atoms with Crippen molar-refractivity contribution >= 4 is 33.0 Å². The van der Waals surface area contributed by atoms with Crippen LogP contribution in [0.2, 0.25) is 0 Å². The molecule has 0 N–H and O–H groups in total. The number of nitrogens with zero attached hydrogens (tertiary/aromatic N) is 1. The minimum absolute atomic E-state index is 0.0749. The van der Waals surface area contributed by atoms with Gasteiger partial charge in [0.05, 0.1) is 17.4 Å². The normalized spacial score (nSPS) is 15.8. The number of sulfonamides is 1. The van der Waals surface area contributed by atoms with Gasteiger partial charge in [-0.1, -0.05) is 54.6 Å². The van der Waals surface area contributed by atoms with Gasteiger partial charge in [-0.15, -0.1) is 0 Å². The first-order chi connectivity index (χ1) is 16.3. The number of fused-ring (bicyclic) bond motifs is 1. The maximum atomic E-state index is 13.3. The number of furan rings is 1. The molecule has 1 aliphatic rings. The Kier molecular flexibility index (Phi) is 6.86. The number of esters is 1. The Morgan fingerprint density at radius 3 is 2.59 bits per heavy atom. The standard InChI is InChI=1S/C27H27NO5S/c1-4-20-17-28(34(30,31)23-13-10-19(3)11-14-23)18-25(20)24(27(29)32-5-2)15-12-22-16-21-8-6-7-9-26(21)33-22/h4,6-16,24H,1,5,17-18H2,2-3H3/b15-12+. The third-order valence-electron chi connectivity index (χ3n) is 5.82. The minimum atomic E-state index is -3.74. The summed E-state index contributed by atoms with van der Waals surface area (Å²) in [6, 6.07) is 16.3. The van der Waals surface area contributed by atoms with Gasteiger partial charge in [-0.25, -0.2) is 8.42 Å². The molecule has 1 aliphatic heterocycles. The fourth-order valence-corrected chi connectivity index (χ4v) is 5.40. The first kappa shape index (κ1) is 23.7. The molecule has 6 nitrogen and oxygen atoms in total. The van der Waals surface area contributed by atoms with Gasteiger partial charge in [-0.2, -0.15) is 4.31 Å². The lowest BCUT2D eigenvalue weighted by atomic mass is 9.95. The molecule has 176 valence electrons. The number of hydrogen-bond donors (Lipinski definition) is 0. The van der Waals surface area contributed by atoms with Gasteiger partial charge in [0.25, 0.3) is 0 Å². The molecule has 3 aromatic rings. The Balaban J connectivity index is 1.65. The summed E-state index contributed by atoms with van der Waals surface area (Å²) < 4.78 is 39.1. The number of para-hydroxylation sites is 1. The van der Waals surface area contributed by atoms with E-state index in [1.165, 1.54) is 4.31 Å². The molecule has 2 heterocycles. The second-order valence-corrected chi connectivity index (χ2v) is 10.1.